The minimum absolute atomic E-state index is 0.0198. The molecule has 0 aliphatic carbocycles. The van der Waals surface area contributed by atoms with Crippen molar-refractivity contribution in [2.24, 2.45) is 5.92 Å². The summed E-state index contributed by atoms with van der Waals surface area (Å²) in [5.74, 6) is 0.278. The lowest BCUT2D eigenvalue weighted by molar-refractivity contribution is -0.181. The molecule has 2 saturated heterocycles. The SMILES string of the molecule is CS(=O)(=O)NC[C@@H]1CCC2(CN(Cc3ccc(Cl)cc3)C2)OC1. The van der Waals surface area contributed by atoms with Crippen molar-refractivity contribution in [2.45, 2.75) is 25.0 Å². The molecule has 0 radical (unpaired) electrons. The third kappa shape index (κ3) is 4.67. The van der Waals surface area contributed by atoms with Crippen molar-refractivity contribution in [3.8, 4) is 0 Å². The van der Waals surface area contributed by atoms with Crippen LogP contribution in [0.4, 0.5) is 0 Å². The van der Waals surface area contributed by atoms with Crippen molar-refractivity contribution in [3.63, 3.8) is 0 Å². The van der Waals surface area contributed by atoms with Crippen molar-refractivity contribution in [1.82, 2.24) is 9.62 Å². The second-order valence-corrected chi connectivity index (χ2v) is 9.06. The molecule has 1 aromatic carbocycles. The van der Waals surface area contributed by atoms with E-state index in [1.165, 1.54) is 11.8 Å². The molecule has 2 heterocycles. The second-order valence-electron chi connectivity index (χ2n) is 6.79. The molecule has 0 amide bonds. The fourth-order valence-electron chi connectivity index (χ4n) is 3.33. The van der Waals surface area contributed by atoms with E-state index < -0.39 is 10.0 Å². The highest BCUT2D eigenvalue weighted by Gasteiger charge is 2.46. The van der Waals surface area contributed by atoms with Crippen LogP contribution in [0.25, 0.3) is 0 Å². The van der Waals surface area contributed by atoms with E-state index >= 15 is 0 Å². The Morgan fingerprint density at radius 3 is 2.61 bits per heavy atom. The van der Waals surface area contributed by atoms with Crippen LogP contribution in [0.5, 0.6) is 0 Å². The van der Waals surface area contributed by atoms with Crippen molar-refractivity contribution < 1.29 is 13.2 Å². The number of nitrogens with one attached hydrogen (secondary N) is 1. The second kappa shape index (κ2) is 6.69. The van der Waals surface area contributed by atoms with Gasteiger partial charge < -0.3 is 4.74 Å². The largest absolute Gasteiger partial charge is 0.372 e. The van der Waals surface area contributed by atoms with Crippen LogP contribution in [-0.2, 0) is 21.3 Å². The summed E-state index contributed by atoms with van der Waals surface area (Å²) in [4.78, 5) is 2.37. The topological polar surface area (TPSA) is 58.6 Å². The van der Waals surface area contributed by atoms with E-state index in [1.807, 2.05) is 12.1 Å². The first-order valence-corrected chi connectivity index (χ1v) is 10.2. The molecule has 0 saturated carbocycles. The van der Waals surface area contributed by atoms with Crippen molar-refractivity contribution in [2.75, 3.05) is 32.5 Å². The number of benzene rings is 1. The summed E-state index contributed by atoms with van der Waals surface area (Å²) in [5.41, 5.74) is 1.24. The Morgan fingerprint density at radius 1 is 1.35 bits per heavy atom. The maximum atomic E-state index is 11.1. The highest BCUT2D eigenvalue weighted by atomic mass is 35.5. The minimum atomic E-state index is -3.11. The summed E-state index contributed by atoms with van der Waals surface area (Å²) >= 11 is 5.90. The third-order valence-electron chi connectivity index (χ3n) is 4.61. The molecule has 2 aliphatic heterocycles. The number of halogens is 1. The Bertz CT molecular complexity index is 632. The number of rotatable bonds is 5. The summed E-state index contributed by atoms with van der Waals surface area (Å²) in [5, 5.41) is 0.762. The third-order valence-corrected chi connectivity index (χ3v) is 5.55. The molecular formula is C16H23ClN2O3S. The van der Waals surface area contributed by atoms with Gasteiger partial charge >= 0.3 is 0 Å². The normalized spacial score (nSPS) is 24.5. The minimum Gasteiger partial charge on any atom is -0.372 e. The Hall–Kier alpha value is -0.660. The van der Waals surface area contributed by atoms with Gasteiger partial charge in [0, 0.05) is 31.2 Å². The molecule has 0 unspecified atom stereocenters. The molecule has 5 nitrogen and oxygen atoms in total. The first kappa shape index (κ1) is 17.2. The van der Waals surface area contributed by atoms with Gasteiger partial charge in [-0.05, 0) is 36.5 Å². The lowest BCUT2D eigenvalue weighted by atomic mass is 9.83. The number of likely N-dealkylation sites (tertiary alicyclic amines) is 1. The summed E-state index contributed by atoms with van der Waals surface area (Å²) < 4.78 is 30.9. The summed E-state index contributed by atoms with van der Waals surface area (Å²) in [6.45, 7) is 3.92. The highest BCUT2D eigenvalue weighted by Crippen LogP contribution is 2.36. The summed E-state index contributed by atoms with van der Waals surface area (Å²) in [6, 6.07) is 7.95. The fraction of sp³-hybridized carbons (Fsp3) is 0.625. The van der Waals surface area contributed by atoms with E-state index in [0.717, 1.165) is 37.5 Å². The van der Waals surface area contributed by atoms with E-state index in [1.54, 1.807) is 0 Å². The van der Waals surface area contributed by atoms with Gasteiger partial charge in [0.05, 0.1) is 18.5 Å². The van der Waals surface area contributed by atoms with Gasteiger partial charge in [0.2, 0.25) is 10.0 Å². The van der Waals surface area contributed by atoms with E-state index in [2.05, 4.69) is 21.8 Å². The Kier molecular flexibility index (Phi) is 4.99. The van der Waals surface area contributed by atoms with E-state index in [9.17, 15) is 8.42 Å². The zero-order valence-electron chi connectivity index (χ0n) is 13.3. The number of nitrogens with zero attached hydrogens (tertiary/aromatic N) is 1. The Morgan fingerprint density at radius 2 is 2.04 bits per heavy atom. The van der Waals surface area contributed by atoms with Crippen LogP contribution in [0.15, 0.2) is 24.3 Å². The molecule has 1 N–H and O–H groups in total. The van der Waals surface area contributed by atoms with E-state index in [0.29, 0.717) is 13.2 Å². The molecule has 2 fully saturated rings. The molecule has 23 heavy (non-hydrogen) atoms. The van der Waals surface area contributed by atoms with Crippen LogP contribution in [0, 0.1) is 5.92 Å². The molecule has 1 aromatic rings. The predicted molar refractivity (Wildman–Crippen MR) is 91.0 cm³/mol. The van der Waals surface area contributed by atoms with Crippen LogP contribution in [0.1, 0.15) is 18.4 Å². The van der Waals surface area contributed by atoms with Crippen LogP contribution < -0.4 is 4.72 Å². The standard InChI is InChI=1S/C16H23ClN2O3S/c1-23(20,21)18-8-14-6-7-16(22-10-14)11-19(12-16)9-13-2-4-15(17)5-3-13/h2-5,14,18H,6-12H2,1H3/t14-/m0/s1. The molecule has 2 aliphatic rings. The maximum Gasteiger partial charge on any atom is 0.208 e. The van der Waals surface area contributed by atoms with Gasteiger partial charge in [-0.1, -0.05) is 23.7 Å². The lowest BCUT2D eigenvalue weighted by Crippen LogP contribution is -2.64. The summed E-state index contributed by atoms with van der Waals surface area (Å²) in [6.07, 6.45) is 3.20. The average molecular weight is 359 g/mol. The molecule has 0 bridgehead atoms. The molecule has 1 spiro atoms. The van der Waals surface area contributed by atoms with Crippen LogP contribution in [0.3, 0.4) is 0 Å². The molecule has 1 atom stereocenters. The van der Waals surface area contributed by atoms with Gasteiger partial charge in [0.15, 0.2) is 0 Å². The molecular weight excluding hydrogens is 336 g/mol. The predicted octanol–water partition coefficient (Wildman–Crippen LogP) is 1.87. The van der Waals surface area contributed by atoms with Gasteiger partial charge in [0.1, 0.15) is 0 Å². The lowest BCUT2D eigenvalue weighted by Gasteiger charge is -2.53. The first-order valence-electron chi connectivity index (χ1n) is 7.89. The zero-order valence-corrected chi connectivity index (χ0v) is 14.9. The average Bonchev–Trinajstić information content (AvgIpc) is 2.46. The fourth-order valence-corrected chi connectivity index (χ4v) is 3.99. The van der Waals surface area contributed by atoms with Gasteiger partial charge in [-0.2, -0.15) is 0 Å². The molecule has 3 rings (SSSR count). The first-order chi connectivity index (χ1) is 10.8. The van der Waals surface area contributed by atoms with Crippen molar-refractivity contribution in [1.29, 1.82) is 0 Å². The van der Waals surface area contributed by atoms with Gasteiger partial charge in [-0.15, -0.1) is 0 Å². The number of sulfonamides is 1. The van der Waals surface area contributed by atoms with Gasteiger partial charge in [0.25, 0.3) is 0 Å². The van der Waals surface area contributed by atoms with E-state index in [4.69, 9.17) is 16.3 Å². The van der Waals surface area contributed by atoms with Crippen molar-refractivity contribution in [3.05, 3.63) is 34.9 Å². The summed E-state index contributed by atoms with van der Waals surface area (Å²) in [7, 11) is -3.11. The Labute approximate surface area is 143 Å². The number of hydrogen-bond acceptors (Lipinski definition) is 4. The van der Waals surface area contributed by atoms with Crippen molar-refractivity contribution >= 4 is 21.6 Å². The smallest absolute Gasteiger partial charge is 0.208 e. The molecule has 0 aromatic heterocycles. The maximum absolute atomic E-state index is 11.1. The van der Waals surface area contributed by atoms with Crippen LogP contribution >= 0.6 is 11.6 Å². The van der Waals surface area contributed by atoms with Gasteiger partial charge in [-0.3, -0.25) is 4.90 Å². The Balaban J connectivity index is 1.42. The van der Waals surface area contributed by atoms with E-state index in [-0.39, 0.29) is 11.5 Å². The monoisotopic (exact) mass is 358 g/mol. The molecule has 128 valence electrons. The van der Waals surface area contributed by atoms with Crippen LogP contribution in [-0.4, -0.2) is 51.4 Å². The quantitative estimate of drug-likeness (QED) is 0.873. The van der Waals surface area contributed by atoms with Crippen LogP contribution in [0.2, 0.25) is 5.02 Å². The van der Waals surface area contributed by atoms with Gasteiger partial charge in [-0.25, -0.2) is 13.1 Å². The number of hydrogen-bond donors (Lipinski definition) is 1. The molecule has 7 heteroatoms. The highest BCUT2D eigenvalue weighted by molar-refractivity contribution is 7.88. The zero-order chi connectivity index (χ0) is 16.5. The number of ether oxygens (including phenoxy) is 1.